The maximum Gasteiger partial charge on any atom is 0.295 e. The van der Waals surface area contributed by atoms with Gasteiger partial charge in [-0.25, -0.2) is 0 Å². The van der Waals surface area contributed by atoms with E-state index in [1.54, 1.807) is 42.6 Å². The number of methoxy groups -OCH3 is 2. The minimum atomic E-state index is -0.782. The van der Waals surface area contributed by atoms with Gasteiger partial charge in [0.05, 0.1) is 31.1 Å². The first kappa shape index (κ1) is 22.3. The number of aromatic nitrogens is 1. The Morgan fingerprint density at radius 1 is 1.16 bits per heavy atom. The first-order chi connectivity index (χ1) is 14.9. The van der Waals surface area contributed by atoms with E-state index in [2.05, 4.69) is 4.98 Å². The van der Waals surface area contributed by atoms with Crippen molar-refractivity contribution in [2.75, 3.05) is 41.4 Å². The number of carbonyl (C=O) groups excluding carboxylic acids is 2. The second-order valence-corrected chi connectivity index (χ2v) is 7.47. The monoisotopic (exact) mass is 425 g/mol. The van der Waals surface area contributed by atoms with Gasteiger partial charge >= 0.3 is 0 Å². The van der Waals surface area contributed by atoms with E-state index in [1.165, 1.54) is 19.1 Å². The molecule has 1 amide bonds. The Balaban J connectivity index is 2.12. The molecule has 3 rings (SSSR count). The van der Waals surface area contributed by atoms with Gasteiger partial charge in [0.2, 0.25) is 0 Å². The molecule has 8 heteroatoms. The summed E-state index contributed by atoms with van der Waals surface area (Å²) in [5, 5.41) is 11.2. The molecule has 1 aliphatic rings. The number of hydrogen-bond acceptors (Lipinski definition) is 7. The van der Waals surface area contributed by atoms with Crippen molar-refractivity contribution in [2.45, 2.75) is 12.5 Å². The topological polar surface area (TPSA) is 92.2 Å². The average molecular weight is 425 g/mol. The quantitative estimate of drug-likeness (QED) is 0.395. The molecule has 0 saturated carbocycles. The van der Waals surface area contributed by atoms with Crippen LogP contribution in [0.5, 0.6) is 11.5 Å². The number of rotatable bonds is 8. The zero-order chi connectivity index (χ0) is 22.5. The number of amides is 1. The molecule has 164 valence electrons. The lowest BCUT2D eigenvalue weighted by Crippen LogP contribution is -2.32. The number of hydrogen-bond donors (Lipinski definition) is 1. The molecule has 1 aliphatic heterocycles. The van der Waals surface area contributed by atoms with Crippen molar-refractivity contribution in [1.82, 2.24) is 14.8 Å². The summed E-state index contributed by atoms with van der Waals surface area (Å²) in [7, 11) is 6.87. The van der Waals surface area contributed by atoms with Crippen LogP contribution in [0.3, 0.4) is 0 Å². The number of aliphatic hydroxyl groups excluding tert-OH is 1. The van der Waals surface area contributed by atoms with Gasteiger partial charge < -0.3 is 24.4 Å². The summed E-state index contributed by atoms with van der Waals surface area (Å²) in [5.74, 6) is -0.822. The van der Waals surface area contributed by atoms with Crippen LogP contribution >= 0.6 is 0 Å². The van der Waals surface area contributed by atoms with E-state index in [1.807, 2.05) is 19.0 Å². The molecule has 1 fully saturated rings. The van der Waals surface area contributed by atoms with Crippen molar-refractivity contribution in [3.05, 3.63) is 59.4 Å². The SMILES string of the molecule is COc1ccc(/C(O)=C2\C(=O)C(=O)N(CCCN(C)C)[C@H]2c2ccccn2)c(OC)c1. The highest BCUT2D eigenvalue weighted by atomic mass is 16.5. The molecular weight excluding hydrogens is 398 g/mol. The summed E-state index contributed by atoms with van der Waals surface area (Å²) in [4.78, 5) is 33.8. The minimum absolute atomic E-state index is 0.00276. The third kappa shape index (κ3) is 4.54. The molecule has 0 bridgehead atoms. The Morgan fingerprint density at radius 2 is 1.94 bits per heavy atom. The average Bonchev–Trinajstić information content (AvgIpc) is 3.03. The van der Waals surface area contributed by atoms with Gasteiger partial charge in [0.15, 0.2) is 0 Å². The maximum atomic E-state index is 13.0. The van der Waals surface area contributed by atoms with Crippen molar-refractivity contribution in [1.29, 1.82) is 0 Å². The molecule has 2 heterocycles. The van der Waals surface area contributed by atoms with Crippen molar-refractivity contribution in [2.24, 2.45) is 0 Å². The lowest BCUT2D eigenvalue weighted by molar-refractivity contribution is -0.140. The van der Waals surface area contributed by atoms with Gasteiger partial charge in [0.1, 0.15) is 23.3 Å². The van der Waals surface area contributed by atoms with Gasteiger partial charge in [-0.05, 0) is 51.3 Å². The number of aliphatic hydroxyl groups is 1. The molecule has 0 radical (unpaired) electrons. The van der Waals surface area contributed by atoms with Gasteiger partial charge in [0, 0.05) is 18.8 Å². The molecule has 1 N–H and O–H groups in total. The number of carbonyl (C=O) groups is 2. The van der Waals surface area contributed by atoms with Gasteiger partial charge in [-0.15, -0.1) is 0 Å². The van der Waals surface area contributed by atoms with Crippen molar-refractivity contribution >= 4 is 17.4 Å². The number of ether oxygens (including phenoxy) is 2. The number of ketones is 1. The molecule has 1 saturated heterocycles. The molecule has 1 aromatic carbocycles. The van der Waals surface area contributed by atoms with Gasteiger partial charge in [-0.3, -0.25) is 14.6 Å². The summed E-state index contributed by atoms with van der Waals surface area (Å²) < 4.78 is 10.6. The van der Waals surface area contributed by atoms with Crippen LogP contribution in [-0.2, 0) is 9.59 Å². The van der Waals surface area contributed by atoms with Crippen LogP contribution in [0.25, 0.3) is 5.76 Å². The van der Waals surface area contributed by atoms with Crippen molar-refractivity contribution in [3.63, 3.8) is 0 Å². The van der Waals surface area contributed by atoms with E-state index in [0.717, 1.165) is 6.54 Å². The van der Waals surface area contributed by atoms with E-state index in [-0.39, 0.29) is 11.3 Å². The van der Waals surface area contributed by atoms with E-state index < -0.39 is 17.7 Å². The van der Waals surface area contributed by atoms with Crippen LogP contribution in [0.2, 0.25) is 0 Å². The van der Waals surface area contributed by atoms with Crippen LogP contribution in [0, 0.1) is 0 Å². The van der Waals surface area contributed by atoms with Crippen LogP contribution in [0.1, 0.15) is 23.7 Å². The van der Waals surface area contributed by atoms with E-state index >= 15 is 0 Å². The zero-order valence-electron chi connectivity index (χ0n) is 18.2. The van der Waals surface area contributed by atoms with E-state index in [9.17, 15) is 14.7 Å². The number of nitrogens with zero attached hydrogens (tertiary/aromatic N) is 3. The summed E-state index contributed by atoms with van der Waals surface area (Å²) in [6.45, 7) is 1.12. The molecule has 1 atom stereocenters. The minimum Gasteiger partial charge on any atom is -0.507 e. The molecule has 8 nitrogen and oxygen atoms in total. The van der Waals surface area contributed by atoms with Crippen molar-refractivity contribution in [3.8, 4) is 11.5 Å². The fourth-order valence-corrected chi connectivity index (χ4v) is 3.65. The van der Waals surface area contributed by atoms with Crippen LogP contribution in [0.4, 0.5) is 0 Å². The summed E-state index contributed by atoms with van der Waals surface area (Å²) in [5.41, 5.74) is 0.813. The van der Waals surface area contributed by atoms with Gasteiger partial charge in [-0.2, -0.15) is 0 Å². The first-order valence-electron chi connectivity index (χ1n) is 9.95. The second kappa shape index (κ2) is 9.61. The highest BCUT2D eigenvalue weighted by molar-refractivity contribution is 6.46. The number of benzene rings is 1. The molecule has 1 aromatic heterocycles. The van der Waals surface area contributed by atoms with Gasteiger partial charge in [0.25, 0.3) is 11.7 Å². The Labute approximate surface area is 181 Å². The highest BCUT2D eigenvalue weighted by Gasteiger charge is 2.46. The number of likely N-dealkylation sites (tertiary alicyclic amines) is 1. The third-order valence-corrected chi connectivity index (χ3v) is 5.18. The van der Waals surface area contributed by atoms with Crippen LogP contribution in [0.15, 0.2) is 48.2 Å². The molecular formula is C23H27N3O5. The molecule has 0 spiro atoms. The normalized spacial score (nSPS) is 18.0. The second-order valence-electron chi connectivity index (χ2n) is 7.47. The molecule has 2 aromatic rings. The Kier molecular flexibility index (Phi) is 6.91. The highest BCUT2D eigenvalue weighted by Crippen LogP contribution is 2.40. The number of Topliss-reactive ketones (excluding diaryl/α,β-unsaturated/α-hetero) is 1. The lowest BCUT2D eigenvalue weighted by atomic mass is 9.97. The van der Waals surface area contributed by atoms with Gasteiger partial charge in [-0.1, -0.05) is 6.07 Å². The largest absolute Gasteiger partial charge is 0.507 e. The fraction of sp³-hybridized carbons (Fsp3) is 0.348. The third-order valence-electron chi connectivity index (χ3n) is 5.18. The summed E-state index contributed by atoms with van der Waals surface area (Å²) in [6.07, 6.45) is 2.28. The smallest absolute Gasteiger partial charge is 0.295 e. The molecule has 0 unspecified atom stereocenters. The standard InChI is InChI=1S/C23H27N3O5/c1-25(2)12-7-13-26-20(17-8-5-6-11-24-17)19(22(28)23(26)29)21(27)16-10-9-15(30-3)14-18(16)31-4/h5-6,8-11,14,20,27H,7,12-13H2,1-4H3/b21-19+/t20-/m0/s1. The van der Waals surface area contributed by atoms with E-state index in [0.29, 0.717) is 35.7 Å². The molecule has 0 aliphatic carbocycles. The zero-order valence-corrected chi connectivity index (χ0v) is 18.2. The van der Waals surface area contributed by atoms with Crippen LogP contribution in [-0.4, -0.2) is 73.0 Å². The van der Waals surface area contributed by atoms with Crippen LogP contribution < -0.4 is 9.47 Å². The Morgan fingerprint density at radius 3 is 2.55 bits per heavy atom. The molecule has 31 heavy (non-hydrogen) atoms. The predicted octanol–water partition coefficient (Wildman–Crippen LogP) is 2.47. The maximum absolute atomic E-state index is 13.0. The Bertz CT molecular complexity index is 988. The lowest BCUT2D eigenvalue weighted by Gasteiger charge is -2.25. The Hall–Kier alpha value is -3.39. The fourth-order valence-electron chi connectivity index (χ4n) is 3.65. The number of pyridine rings is 1. The predicted molar refractivity (Wildman–Crippen MR) is 116 cm³/mol. The summed E-state index contributed by atoms with van der Waals surface area (Å²) >= 11 is 0. The van der Waals surface area contributed by atoms with E-state index in [4.69, 9.17) is 9.47 Å². The van der Waals surface area contributed by atoms with Crippen molar-refractivity contribution < 1.29 is 24.2 Å². The summed E-state index contributed by atoms with van der Waals surface area (Å²) in [6, 6.07) is 9.37. The first-order valence-corrected chi connectivity index (χ1v) is 9.95.